The zero-order valence-electron chi connectivity index (χ0n) is 14.0. The summed E-state index contributed by atoms with van der Waals surface area (Å²) in [5.41, 5.74) is 0. The van der Waals surface area contributed by atoms with Crippen LogP contribution in [0.25, 0.3) is 0 Å². The van der Waals surface area contributed by atoms with Gasteiger partial charge >= 0.3 is 0 Å². The van der Waals surface area contributed by atoms with Crippen LogP contribution in [0, 0.1) is 0 Å². The molecule has 1 fully saturated rings. The smallest absolute Gasteiger partial charge is 0.243 e. The predicted octanol–water partition coefficient (Wildman–Crippen LogP) is 2.16. The van der Waals surface area contributed by atoms with Crippen molar-refractivity contribution in [2.75, 3.05) is 19.8 Å². The predicted molar refractivity (Wildman–Crippen MR) is 89.9 cm³/mol. The first-order valence-corrected chi connectivity index (χ1v) is 10.1. The summed E-state index contributed by atoms with van der Waals surface area (Å²) in [6.07, 6.45) is 3.34. The topological polar surface area (TPSA) is 76.1 Å². The van der Waals surface area contributed by atoms with Crippen LogP contribution in [-0.4, -0.2) is 49.7 Å². The van der Waals surface area contributed by atoms with E-state index in [2.05, 4.69) is 0 Å². The molecule has 1 heterocycles. The number of fused-ring (bicyclic) bond motifs is 1. The van der Waals surface area contributed by atoms with Crippen molar-refractivity contribution in [3.05, 3.63) is 18.2 Å². The fourth-order valence-electron chi connectivity index (χ4n) is 3.43. The van der Waals surface area contributed by atoms with Crippen molar-refractivity contribution >= 4 is 10.0 Å². The monoisotopic (exact) mass is 355 g/mol. The number of hydrogen-bond donors (Lipinski definition) is 1. The third-order valence-corrected chi connectivity index (χ3v) is 6.55. The van der Waals surface area contributed by atoms with E-state index in [4.69, 9.17) is 9.47 Å². The Bertz CT molecular complexity index is 676. The SMILES string of the molecule is CCCN([C@H]1CCCC[C@H]1O)S(=O)(=O)c1ccc2c(c1)OCCO2. The standard InChI is InChI=1S/C17H25NO5S/c1-2-9-18(14-5-3-4-6-15(14)19)24(20,21)13-7-8-16-17(12-13)23-11-10-22-16/h7-8,12,14-15,19H,2-6,9-11H2,1H3/t14-,15+/m0/s1. The molecular weight excluding hydrogens is 330 g/mol. The first kappa shape index (κ1) is 17.5. The molecule has 0 saturated heterocycles. The summed E-state index contributed by atoms with van der Waals surface area (Å²) in [5.74, 6) is 1.03. The Hall–Kier alpha value is -1.31. The first-order valence-electron chi connectivity index (χ1n) is 8.63. The average molecular weight is 355 g/mol. The minimum Gasteiger partial charge on any atom is -0.486 e. The second-order valence-electron chi connectivity index (χ2n) is 6.34. The molecule has 134 valence electrons. The molecule has 1 aliphatic heterocycles. The molecule has 0 aromatic heterocycles. The van der Waals surface area contributed by atoms with Crippen LogP contribution in [0.15, 0.2) is 23.1 Å². The van der Waals surface area contributed by atoms with Crippen LogP contribution in [-0.2, 0) is 10.0 Å². The lowest BCUT2D eigenvalue weighted by atomic mass is 9.92. The Balaban J connectivity index is 1.93. The van der Waals surface area contributed by atoms with Gasteiger partial charge in [-0.3, -0.25) is 0 Å². The number of nitrogens with zero attached hydrogens (tertiary/aromatic N) is 1. The highest BCUT2D eigenvalue weighted by Crippen LogP contribution is 2.35. The highest BCUT2D eigenvalue weighted by Gasteiger charge is 2.36. The van der Waals surface area contributed by atoms with Crippen LogP contribution < -0.4 is 9.47 Å². The van der Waals surface area contributed by atoms with Crippen molar-refractivity contribution in [2.45, 2.75) is 56.1 Å². The fraction of sp³-hybridized carbons (Fsp3) is 0.647. The molecule has 0 bridgehead atoms. The lowest BCUT2D eigenvalue weighted by molar-refractivity contribution is 0.0557. The second kappa shape index (κ2) is 7.29. The van der Waals surface area contributed by atoms with E-state index in [9.17, 15) is 13.5 Å². The molecule has 1 aromatic rings. The van der Waals surface area contributed by atoms with Crippen LogP contribution in [0.3, 0.4) is 0 Å². The molecule has 0 unspecified atom stereocenters. The quantitative estimate of drug-likeness (QED) is 0.876. The van der Waals surface area contributed by atoms with Crippen molar-refractivity contribution in [2.24, 2.45) is 0 Å². The van der Waals surface area contributed by atoms with Gasteiger partial charge in [-0.1, -0.05) is 19.8 Å². The van der Waals surface area contributed by atoms with E-state index in [1.165, 1.54) is 10.4 Å². The molecule has 24 heavy (non-hydrogen) atoms. The van der Waals surface area contributed by atoms with Crippen LogP contribution in [0.4, 0.5) is 0 Å². The lowest BCUT2D eigenvalue weighted by Gasteiger charge is -2.36. The second-order valence-corrected chi connectivity index (χ2v) is 8.23. The maximum atomic E-state index is 13.2. The van der Waals surface area contributed by atoms with Gasteiger partial charge in [0.1, 0.15) is 13.2 Å². The van der Waals surface area contributed by atoms with Crippen molar-refractivity contribution < 1.29 is 23.0 Å². The molecular formula is C17H25NO5S. The molecule has 0 spiro atoms. The van der Waals surface area contributed by atoms with E-state index in [0.29, 0.717) is 50.5 Å². The van der Waals surface area contributed by atoms with Crippen LogP contribution in [0.5, 0.6) is 11.5 Å². The maximum Gasteiger partial charge on any atom is 0.243 e. The molecule has 0 amide bonds. The van der Waals surface area contributed by atoms with E-state index in [1.54, 1.807) is 12.1 Å². The van der Waals surface area contributed by atoms with Crippen molar-refractivity contribution in [3.63, 3.8) is 0 Å². The van der Waals surface area contributed by atoms with E-state index in [1.807, 2.05) is 6.92 Å². The van der Waals surface area contributed by atoms with Gasteiger partial charge in [0.15, 0.2) is 11.5 Å². The number of hydrogen-bond acceptors (Lipinski definition) is 5. The fourth-order valence-corrected chi connectivity index (χ4v) is 5.22. The van der Waals surface area contributed by atoms with Gasteiger partial charge in [-0.05, 0) is 31.4 Å². The molecule has 3 rings (SSSR count). The summed E-state index contributed by atoms with van der Waals surface area (Å²) < 4.78 is 38.8. The Kier molecular flexibility index (Phi) is 5.32. The molecule has 7 heteroatoms. The summed E-state index contributed by atoms with van der Waals surface area (Å²) in [4.78, 5) is 0.193. The summed E-state index contributed by atoms with van der Waals surface area (Å²) in [5, 5.41) is 10.3. The molecule has 2 aliphatic rings. The zero-order valence-corrected chi connectivity index (χ0v) is 14.8. The van der Waals surface area contributed by atoms with Gasteiger partial charge in [0.05, 0.1) is 17.0 Å². The molecule has 1 N–H and O–H groups in total. The first-order chi connectivity index (χ1) is 11.5. The number of sulfonamides is 1. The molecule has 0 radical (unpaired) electrons. The minimum atomic E-state index is -3.69. The van der Waals surface area contributed by atoms with E-state index in [-0.39, 0.29) is 10.9 Å². The summed E-state index contributed by atoms with van der Waals surface area (Å²) in [7, 11) is -3.69. The summed E-state index contributed by atoms with van der Waals surface area (Å²) in [6.45, 7) is 3.23. The molecule has 2 atom stereocenters. The molecule has 1 aromatic carbocycles. The molecule has 1 aliphatic carbocycles. The highest BCUT2D eigenvalue weighted by atomic mass is 32.2. The Morgan fingerprint density at radius 3 is 2.58 bits per heavy atom. The number of ether oxygens (including phenoxy) is 2. The van der Waals surface area contributed by atoms with Crippen molar-refractivity contribution in [3.8, 4) is 11.5 Å². The van der Waals surface area contributed by atoms with Crippen molar-refractivity contribution in [1.82, 2.24) is 4.31 Å². The third kappa shape index (κ3) is 3.38. The Morgan fingerprint density at radius 2 is 1.88 bits per heavy atom. The Morgan fingerprint density at radius 1 is 1.17 bits per heavy atom. The number of rotatable bonds is 5. The van der Waals surface area contributed by atoms with E-state index >= 15 is 0 Å². The van der Waals surface area contributed by atoms with Crippen LogP contribution >= 0.6 is 0 Å². The Labute approximate surface area is 143 Å². The van der Waals surface area contributed by atoms with Crippen LogP contribution in [0.2, 0.25) is 0 Å². The van der Waals surface area contributed by atoms with E-state index in [0.717, 1.165) is 12.8 Å². The lowest BCUT2D eigenvalue weighted by Crippen LogP contribution is -2.48. The van der Waals surface area contributed by atoms with Gasteiger partial charge in [-0.25, -0.2) is 8.42 Å². The number of benzene rings is 1. The normalized spacial score (nSPS) is 24.1. The van der Waals surface area contributed by atoms with E-state index < -0.39 is 16.1 Å². The molecule has 6 nitrogen and oxygen atoms in total. The number of aliphatic hydroxyl groups is 1. The van der Waals surface area contributed by atoms with Gasteiger partial charge < -0.3 is 14.6 Å². The largest absolute Gasteiger partial charge is 0.486 e. The van der Waals surface area contributed by atoms with Crippen LogP contribution in [0.1, 0.15) is 39.0 Å². The van der Waals surface area contributed by atoms with Crippen molar-refractivity contribution in [1.29, 1.82) is 0 Å². The zero-order chi connectivity index (χ0) is 17.2. The summed E-state index contributed by atoms with van der Waals surface area (Å²) in [6, 6.07) is 4.38. The minimum absolute atomic E-state index is 0.193. The molecule has 1 saturated carbocycles. The highest BCUT2D eigenvalue weighted by molar-refractivity contribution is 7.89. The summed E-state index contributed by atoms with van der Waals surface area (Å²) >= 11 is 0. The van der Waals surface area contributed by atoms with Gasteiger partial charge in [0.2, 0.25) is 10.0 Å². The van der Waals surface area contributed by atoms with Gasteiger partial charge in [0, 0.05) is 12.6 Å². The average Bonchev–Trinajstić information content (AvgIpc) is 2.60. The maximum absolute atomic E-state index is 13.2. The van der Waals surface area contributed by atoms with Gasteiger partial charge in [-0.2, -0.15) is 4.31 Å². The number of aliphatic hydroxyl groups excluding tert-OH is 1. The van der Waals surface area contributed by atoms with Gasteiger partial charge in [0.25, 0.3) is 0 Å². The third-order valence-electron chi connectivity index (χ3n) is 4.63. The van der Waals surface area contributed by atoms with Gasteiger partial charge in [-0.15, -0.1) is 0 Å².